The number of aryl methyl sites for hydroxylation is 2. The number of nitrogens with zero attached hydrogens (tertiary/aromatic N) is 4. The highest BCUT2D eigenvalue weighted by molar-refractivity contribution is 7.16. The number of aromatic nitrogens is 4. The van der Waals surface area contributed by atoms with Gasteiger partial charge in [0.2, 0.25) is 10.9 Å². The highest BCUT2D eigenvalue weighted by Crippen LogP contribution is 2.35. The summed E-state index contributed by atoms with van der Waals surface area (Å²) in [6.45, 7) is 1.83. The van der Waals surface area contributed by atoms with Crippen molar-refractivity contribution in [1.29, 1.82) is 0 Å². The summed E-state index contributed by atoms with van der Waals surface area (Å²) >= 11 is 7.48. The lowest BCUT2D eigenvalue weighted by atomic mass is 10.2. The van der Waals surface area contributed by atoms with Crippen molar-refractivity contribution in [1.82, 2.24) is 19.8 Å². The van der Waals surface area contributed by atoms with Crippen molar-refractivity contribution in [2.45, 2.75) is 19.8 Å². The SMILES string of the molecule is COc1cc(NC(=O)CCc2nn3c(C)nnc3s2)c(OC)cc1Cl. The van der Waals surface area contributed by atoms with E-state index in [1.807, 2.05) is 6.92 Å². The van der Waals surface area contributed by atoms with Gasteiger partial charge in [-0.3, -0.25) is 4.79 Å². The lowest BCUT2D eigenvalue weighted by Crippen LogP contribution is -2.13. The van der Waals surface area contributed by atoms with Gasteiger partial charge in [0.15, 0.2) is 5.82 Å². The van der Waals surface area contributed by atoms with Crippen molar-refractivity contribution < 1.29 is 14.3 Å². The van der Waals surface area contributed by atoms with Crippen LogP contribution in [0.2, 0.25) is 5.02 Å². The van der Waals surface area contributed by atoms with Gasteiger partial charge in [0.1, 0.15) is 16.5 Å². The normalized spacial score (nSPS) is 10.9. The van der Waals surface area contributed by atoms with Crippen LogP contribution in [0.3, 0.4) is 0 Å². The third kappa shape index (κ3) is 3.67. The van der Waals surface area contributed by atoms with Crippen LogP contribution in [-0.2, 0) is 11.2 Å². The molecule has 0 saturated heterocycles. The first-order valence-electron chi connectivity index (χ1n) is 7.41. The summed E-state index contributed by atoms with van der Waals surface area (Å²) in [7, 11) is 3.02. The highest BCUT2D eigenvalue weighted by atomic mass is 35.5. The maximum absolute atomic E-state index is 12.3. The zero-order valence-electron chi connectivity index (χ0n) is 13.9. The molecule has 0 bridgehead atoms. The van der Waals surface area contributed by atoms with E-state index in [9.17, 15) is 4.79 Å². The summed E-state index contributed by atoms with van der Waals surface area (Å²) in [5, 5.41) is 16.4. The molecule has 8 nitrogen and oxygen atoms in total. The Morgan fingerprint density at radius 1 is 1.28 bits per heavy atom. The minimum atomic E-state index is -0.162. The van der Waals surface area contributed by atoms with Gasteiger partial charge in [-0.2, -0.15) is 9.61 Å². The number of ether oxygens (including phenoxy) is 2. The zero-order valence-corrected chi connectivity index (χ0v) is 15.4. The second kappa shape index (κ2) is 7.24. The van der Waals surface area contributed by atoms with E-state index in [0.29, 0.717) is 28.6 Å². The molecule has 0 aliphatic carbocycles. The molecule has 0 saturated carbocycles. The number of halogens is 1. The molecule has 1 N–H and O–H groups in total. The van der Waals surface area contributed by atoms with Crippen LogP contribution in [0.4, 0.5) is 5.69 Å². The molecule has 2 aromatic heterocycles. The molecule has 0 aliphatic heterocycles. The van der Waals surface area contributed by atoms with Gasteiger partial charge >= 0.3 is 0 Å². The number of rotatable bonds is 6. The molecule has 2 heterocycles. The smallest absolute Gasteiger partial charge is 0.234 e. The van der Waals surface area contributed by atoms with Crippen molar-refractivity contribution in [2.24, 2.45) is 0 Å². The minimum absolute atomic E-state index is 0.162. The van der Waals surface area contributed by atoms with Crippen LogP contribution >= 0.6 is 22.9 Å². The van der Waals surface area contributed by atoms with Crippen molar-refractivity contribution in [2.75, 3.05) is 19.5 Å². The molecular weight excluding hydrogens is 366 g/mol. The molecule has 1 aromatic carbocycles. The van der Waals surface area contributed by atoms with Gasteiger partial charge in [0.05, 0.1) is 24.9 Å². The van der Waals surface area contributed by atoms with Crippen LogP contribution in [0.1, 0.15) is 17.3 Å². The van der Waals surface area contributed by atoms with Crippen molar-refractivity contribution in [3.63, 3.8) is 0 Å². The molecule has 0 aliphatic rings. The van der Waals surface area contributed by atoms with Gasteiger partial charge < -0.3 is 14.8 Å². The Kier molecular flexibility index (Phi) is 5.05. The molecule has 0 fully saturated rings. The largest absolute Gasteiger partial charge is 0.495 e. The van der Waals surface area contributed by atoms with E-state index >= 15 is 0 Å². The predicted molar refractivity (Wildman–Crippen MR) is 94.9 cm³/mol. The number of carbonyl (C=O) groups excluding carboxylic acids is 1. The molecule has 0 atom stereocenters. The number of amides is 1. The maximum atomic E-state index is 12.3. The Balaban J connectivity index is 1.67. The summed E-state index contributed by atoms with van der Waals surface area (Å²) in [5.74, 6) is 1.49. The first kappa shape index (κ1) is 17.4. The van der Waals surface area contributed by atoms with Crippen LogP contribution in [0.25, 0.3) is 4.96 Å². The van der Waals surface area contributed by atoms with E-state index in [1.54, 1.807) is 16.6 Å². The summed E-state index contributed by atoms with van der Waals surface area (Å²) in [4.78, 5) is 13.0. The Hall–Kier alpha value is -2.39. The fourth-order valence-corrected chi connectivity index (χ4v) is 3.36. The molecule has 25 heavy (non-hydrogen) atoms. The number of fused-ring (bicyclic) bond motifs is 1. The second-order valence-electron chi connectivity index (χ2n) is 5.17. The summed E-state index contributed by atoms with van der Waals surface area (Å²) in [6, 6.07) is 3.23. The lowest BCUT2D eigenvalue weighted by Gasteiger charge is -2.13. The zero-order chi connectivity index (χ0) is 18.0. The first-order chi connectivity index (χ1) is 12.0. The summed E-state index contributed by atoms with van der Waals surface area (Å²) in [6.07, 6.45) is 0.781. The number of carbonyl (C=O) groups is 1. The topological polar surface area (TPSA) is 90.6 Å². The van der Waals surface area contributed by atoms with E-state index in [1.165, 1.54) is 25.6 Å². The maximum Gasteiger partial charge on any atom is 0.234 e. The lowest BCUT2D eigenvalue weighted by molar-refractivity contribution is -0.116. The fraction of sp³-hybridized carbons (Fsp3) is 0.333. The Morgan fingerprint density at radius 2 is 2.04 bits per heavy atom. The number of nitrogens with one attached hydrogen (secondary N) is 1. The fourth-order valence-electron chi connectivity index (χ4n) is 2.25. The number of benzene rings is 1. The van der Waals surface area contributed by atoms with Gasteiger partial charge in [-0.25, -0.2) is 0 Å². The van der Waals surface area contributed by atoms with E-state index in [2.05, 4.69) is 20.6 Å². The average Bonchev–Trinajstić information content (AvgIpc) is 3.16. The van der Waals surface area contributed by atoms with Crippen LogP contribution in [0, 0.1) is 6.92 Å². The average molecular weight is 382 g/mol. The van der Waals surface area contributed by atoms with Gasteiger partial charge in [0, 0.05) is 25.0 Å². The van der Waals surface area contributed by atoms with Gasteiger partial charge in [-0.05, 0) is 6.92 Å². The van der Waals surface area contributed by atoms with E-state index in [4.69, 9.17) is 21.1 Å². The Labute approximate surface area is 152 Å². The second-order valence-corrected chi connectivity index (χ2v) is 6.62. The molecule has 3 rings (SSSR count). The van der Waals surface area contributed by atoms with Gasteiger partial charge in [-0.15, -0.1) is 10.2 Å². The summed E-state index contributed by atoms with van der Waals surface area (Å²) in [5.41, 5.74) is 0.503. The third-order valence-corrected chi connectivity index (χ3v) is 4.76. The van der Waals surface area contributed by atoms with Crippen LogP contribution in [-0.4, -0.2) is 39.9 Å². The number of hydrogen-bond donors (Lipinski definition) is 1. The molecule has 132 valence electrons. The number of anilines is 1. The van der Waals surface area contributed by atoms with Crippen molar-refractivity contribution in [3.8, 4) is 11.5 Å². The molecule has 3 aromatic rings. The van der Waals surface area contributed by atoms with Crippen LogP contribution in [0.5, 0.6) is 11.5 Å². The van der Waals surface area contributed by atoms with Crippen molar-refractivity contribution in [3.05, 3.63) is 28.0 Å². The molecule has 1 amide bonds. The Bertz CT molecular complexity index is 923. The van der Waals surface area contributed by atoms with Gasteiger partial charge in [0.25, 0.3) is 0 Å². The molecule has 0 radical (unpaired) electrons. The van der Waals surface area contributed by atoms with Gasteiger partial charge in [-0.1, -0.05) is 22.9 Å². The summed E-state index contributed by atoms with van der Waals surface area (Å²) < 4.78 is 12.1. The third-order valence-electron chi connectivity index (χ3n) is 3.50. The number of methoxy groups -OCH3 is 2. The predicted octanol–water partition coefficient (Wildman–Crippen LogP) is 2.74. The molecular formula is C15H16ClN5O3S. The van der Waals surface area contributed by atoms with Crippen LogP contribution < -0.4 is 14.8 Å². The standard InChI is InChI=1S/C15H16ClN5O3S/c1-8-18-19-15-21(8)20-14(25-15)5-4-13(22)17-10-7-11(23-2)9(16)6-12(10)24-3/h6-7H,4-5H2,1-3H3,(H,17,22). The quantitative estimate of drug-likeness (QED) is 0.706. The molecule has 0 spiro atoms. The monoisotopic (exact) mass is 381 g/mol. The highest BCUT2D eigenvalue weighted by Gasteiger charge is 2.14. The van der Waals surface area contributed by atoms with E-state index in [0.717, 1.165) is 15.8 Å². The van der Waals surface area contributed by atoms with Crippen LogP contribution in [0.15, 0.2) is 12.1 Å². The van der Waals surface area contributed by atoms with E-state index < -0.39 is 0 Å². The minimum Gasteiger partial charge on any atom is -0.495 e. The first-order valence-corrected chi connectivity index (χ1v) is 8.60. The number of hydrogen-bond acceptors (Lipinski definition) is 7. The van der Waals surface area contributed by atoms with E-state index in [-0.39, 0.29) is 12.3 Å². The van der Waals surface area contributed by atoms with Crippen molar-refractivity contribution >= 4 is 39.5 Å². The Morgan fingerprint density at radius 3 is 2.72 bits per heavy atom. The molecule has 0 unspecified atom stereocenters. The molecule has 10 heteroatoms.